The minimum atomic E-state index is -0.242. The highest BCUT2D eigenvalue weighted by atomic mass is 16.5. The SMILES string of the molecule is CCOC(=O)CCn1ncc2cc(-c3noc(-c4ccc(CC(C)C)c(C#N)c4)n3)ccc21. The van der Waals surface area contributed by atoms with Gasteiger partial charge >= 0.3 is 5.97 Å². The van der Waals surface area contributed by atoms with Crippen LogP contribution in [0.4, 0.5) is 0 Å². The number of benzene rings is 2. The number of fused-ring (bicyclic) bond motifs is 1. The molecule has 0 bridgehead atoms. The van der Waals surface area contributed by atoms with Crippen LogP contribution in [0.25, 0.3) is 33.7 Å². The Morgan fingerprint density at radius 1 is 1.21 bits per heavy atom. The van der Waals surface area contributed by atoms with Crippen LogP contribution in [0.2, 0.25) is 0 Å². The summed E-state index contributed by atoms with van der Waals surface area (Å²) in [5.41, 5.74) is 4.05. The molecule has 4 aromatic rings. The lowest BCUT2D eigenvalue weighted by Gasteiger charge is -2.07. The number of aromatic nitrogens is 4. The molecule has 2 aromatic heterocycles. The Bertz CT molecular complexity index is 1330. The normalized spacial score (nSPS) is 11.1. The van der Waals surface area contributed by atoms with Gasteiger partial charge in [0.05, 0.1) is 42.9 Å². The molecule has 2 heterocycles. The molecular weight excluding hydrogens is 418 g/mol. The maximum Gasteiger partial charge on any atom is 0.307 e. The Hall–Kier alpha value is -3.99. The summed E-state index contributed by atoms with van der Waals surface area (Å²) in [6, 6.07) is 13.7. The molecule has 168 valence electrons. The third kappa shape index (κ3) is 4.93. The molecule has 0 aliphatic carbocycles. The van der Waals surface area contributed by atoms with Gasteiger partial charge in [0.15, 0.2) is 0 Å². The van der Waals surface area contributed by atoms with E-state index in [-0.39, 0.29) is 12.4 Å². The fourth-order valence-corrected chi connectivity index (χ4v) is 3.72. The zero-order valence-electron chi connectivity index (χ0n) is 18.9. The molecular formula is C25H25N5O3. The highest BCUT2D eigenvalue weighted by Crippen LogP contribution is 2.27. The highest BCUT2D eigenvalue weighted by molar-refractivity contribution is 5.83. The number of nitrogens with zero attached hydrogens (tertiary/aromatic N) is 5. The van der Waals surface area contributed by atoms with Crippen molar-refractivity contribution in [3.63, 3.8) is 0 Å². The Morgan fingerprint density at radius 2 is 2.03 bits per heavy atom. The van der Waals surface area contributed by atoms with Crippen LogP contribution in [0.5, 0.6) is 0 Å². The maximum atomic E-state index is 11.6. The molecule has 8 nitrogen and oxygen atoms in total. The first kappa shape index (κ1) is 22.2. The van der Waals surface area contributed by atoms with Crippen LogP contribution >= 0.6 is 0 Å². The molecule has 0 fully saturated rings. The van der Waals surface area contributed by atoms with E-state index >= 15 is 0 Å². The number of aryl methyl sites for hydroxylation is 1. The van der Waals surface area contributed by atoms with Crippen molar-refractivity contribution in [1.29, 1.82) is 5.26 Å². The topological polar surface area (TPSA) is 107 Å². The number of esters is 1. The predicted octanol–water partition coefficient (Wildman–Crippen LogP) is 4.78. The van der Waals surface area contributed by atoms with E-state index in [9.17, 15) is 10.1 Å². The molecule has 33 heavy (non-hydrogen) atoms. The summed E-state index contributed by atoms with van der Waals surface area (Å²) >= 11 is 0. The Labute approximate surface area is 191 Å². The van der Waals surface area contributed by atoms with Crippen LogP contribution in [0.3, 0.4) is 0 Å². The summed E-state index contributed by atoms with van der Waals surface area (Å²) in [5.74, 6) is 1.04. The summed E-state index contributed by atoms with van der Waals surface area (Å²) in [4.78, 5) is 16.2. The number of hydrogen-bond acceptors (Lipinski definition) is 7. The van der Waals surface area contributed by atoms with E-state index in [1.807, 2.05) is 30.3 Å². The van der Waals surface area contributed by atoms with Crippen LogP contribution in [0.1, 0.15) is 38.3 Å². The van der Waals surface area contributed by atoms with Gasteiger partial charge in [-0.2, -0.15) is 15.3 Å². The van der Waals surface area contributed by atoms with Gasteiger partial charge in [-0.1, -0.05) is 25.1 Å². The molecule has 4 rings (SSSR count). The number of carbonyl (C=O) groups excluding carboxylic acids is 1. The van der Waals surface area contributed by atoms with Gasteiger partial charge in [0.2, 0.25) is 5.82 Å². The molecule has 0 saturated heterocycles. The second-order valence-electron chi connectivity index (χ2n) is 8.20. The quantitative estimate of drug-likeness (QED) is 0.361. The van der Waals surface area contributed by atoms with Gasteiger partial charge in [0.25, 0.3) is 5.89 Å². The molecule has 0 unspecified atom stereocenters. The van der Waals surface area contributed by atoms with Crippen LogP contribution in [0, 0.1) is 17.2 Å². The van der Waals surface area contributed by atoms with E-state index in [1.165, 1.54) is 0 Å². The van der Waals surface area contributed by atoms with E-state index in [2.05, 4.69) is 35.2 Å². The lowest BCUT2D eigenvalue weighted by molar-refractivity contribution is -0.143. The minimum absolute atomic E-state index is 0.242. The molecule has 0 aliphatic rings. The number of nitriles is 1. The van der Waals surface area contributed by atoms with Gasteiger partial charge in [0.1, 0.15) is 0 Å². The van der Waals surface area contributed by atoms with E-state index in [4.69, 9.17) is 9.26 Å². The second-order valence-corrected chi connectivity index (χ2v) is 8.20. The van der Waals surface area contributed by atoms with Gasteiger partial charge < -0.3 is 9.26 Å². The third-order valence-corrected chi connectivity index (χ3v) is 5.26. The zero-order chi connectivity index (χ0) is 23.4. The lowest BCUT2D eigenvalue weighted by Crippen LogP contribution is -2.09. The van der Waals surface area contributed by atoms with Crippen molar-refractivity contribution < 1.29 is 14.1 Å². The molecule has 0 atom stereocenters. The van der Waals surface area contributed by atoms with Crippen molar-refractivity contribution in [1.82, 2.24) is 19.9 Å². The Morgan fingerprint density at radius 3 is 2.79 bits per heavy atom. The van der Waals surface area contributed by atoms with Crippen molar-refractivity contribution >= 4 is 16.9 Å². The molecule has 8 heteroatoms. The summed E-state index contributed by atoms with van der Waals surface area (Å²) in [6.07, 6.45) is 2.85. The monoisotopic (exact) mass is 443 g/mol. The second kappa shape index (κ2) is 9.65. The summed E-state index contributed by atoms with van der Waals surface area (Å²) < 4.78 is 12.2. The van der Waals surface area contributed by atoms with Gasteiger partial charge in [-0.05, 0) is 55.2 Å². The van der Waals surface area contributed by atoms with E-state index in [0.29, 0.717) is 41.9 Å². The summed E-state index contributed by atoms with van der Waals surface area (Å²) in [6.45, 7) is 6.85. The first-order chi connectivity index (χ1) is 16.0. The predicted molar refractivity (Wildman–Crippen MR) is 123 cm³/mol. The van der Waals surface area contributed by atoms with E-state index in [0.717, 1.165) is 28.5 Å². The average Bonchev–Trinajstić information content (AvgIpc) is 3.45. The van der Waals surface area contributed by atoms with Crippen LogP contribution in [-0.4, -0.2) is 32.5 Å². The Kier molecular flexibility index (Phi) is 6.50. The van der Waals surface area contributed by atoms with Crippen LogP contribution < -0.4 is 0 Å². The van der Waals surface area contributed by atoms with Crippen molar-refractivity contribution in [2.75, 3.05) is 6.61 Å². The molecule has 0 radical (unpaired) electrons. The van der Waals surface area contributed by atoms with Crippen molar-refractivity contribution in [3.8, 4) is 28.9 Å². The van der Waals surface area contributed by atoms with Gasteiger partial charge in [-0.3, -0.25) is 9.48 Å². The number of carbonyl (C=O) groups is 1. The van der Waals surface area contributed by atoms with Crippen molar-refractivity contribution in [2.24, 2.45) is 5.92 Å². The summed E-state index contributed by atoms with van der Waals surface area (Å²) in [5, 5.41) is 18.9. The fraction of sp³-hybridized carbons (Fsp3) is 0.320. The molecule has 0 saturated carbocycles. The van der Waals surface area contributed by atoms with Crippen molar-refractivity contribution in [3.05, 3.63) is 53.7 Å². The first-order valence-corrected chi connectivity index (χ1v) is 11.0. The maximum absolute atomic E-state index is 11.6. The number of hydrogen-bond donors (Lipinski definition) is 0. The van der Waals surface area contributed by atoms with E-state index in [1.54, 1.807) is 23.9 Å². The lowest BCUT2D eigenvalue weighted by atomic mass is 9.97. The summed E-state index contributed by atoms with van der Waals surface area (Å²) in [7, 11) is 0. The molecule has 0 N–H and O–H groups in total. The van der Waals surface area contributed by atoms with Crippen LogP contribution in [-0.2, 0) is 22.5 Å². The smallest absolute Gasteiger partial charge is 0.307 e. The fourth-order valence-electron chi connectivity index (χ4n) is 3.72. The molecule has 0 aliphatic heterocycles. The van der Waals surface area contributed by atoms with Gasteiger partial charge in [-0.25, -0.2) is 0 Å². The average molecular weight is 444 g/mol. The first-order valence-electron chi connectivity index (χ1n) is 11.0. The van der Waals surface area contributed by atoms with Crippen molar-refractivity contribution in [2.45, 2.75) is 40.2 Å². The highest BCUT2D eigenvalue weighted by Gasteiger charge is 2.15. The van der Waals surface area contributed by atoms with E-state index < -0.39 is 0 Å². The number of rotatable bonds is 8. The zero-order valence-corrected chi connectivity index (χ0v) is 18.9. The molecule has 2 aromatic carbocycles. The third-order valence-electron chi connectivity index (χ3n) is 5.26. The van der Waals surface area contributed by atoms with Gasteiger partial charge in [-0.15, -0.1) is 0 Å². The number of ether oxygens (including phenoxy) is 1. The Balaban J connectivity index is 1.55. The van der Waals surface area contributed by atoms with Gasteiger partial charge in [0, 0.05) is 16.5 Å². The standard InChI is InChI=1S/C25H25N5O3/c1-4-32-23(31)9-10-30-22-8-7-18(12-21(22)15-27-30)24-28-25(33-29-24)19-6-5-17(11-16(2)3)20(13-19)14-26/h5-8,12-13,15-16H,4,9-11H2,1-3H3. The largest absolute Gasteiger partial charge is 0.466 e. The van der Waals surface area contributed by atoms with Crippen LogP contribution in [0.15, 0.2) is 47.1 Å². The molecule has 0 spiro atoms. The minimum Gasteiger partial charge on any atom is -0.466 e. The molecule has 0 amide bonds.